The molecule has 1 fully saturated rings. The summed E-state index contributed by atoms with van der Waals surface area (Å²) in [6, 6.07) is 11.4. The van der Waals surface area contributed by atoms with Gasteiger partial charge in [0.2, 0.25) is 0 Å². The van der Waals surface area contributed by atoms with Crippen LogP contribution < -0.4 is 16.4 Å². The lowest BCUT2D eigenvalue weighted by atomic mass is 9.99. The van der Waals surface area contributed by atoms with Gasteiger partial charge in [-0.05, 0) is 29.3 Å². The smallest absolute Gasteiger partial charge is 0.256 e. The first kappa shape index (κ1) is 17.1. The summed E-state index contributed by atoms with van der Waals surface area (Å²) in [7, 11) is 0. The monoisotopic (exact) mass is 345 g/mol. The molecule has 2 unspecified atom stereocenters. The van der Waals surface area contributed by atoms with Crippen molar-refractivity contribution < 1.29 is 13.2 Å². The molecular formula is C17H14F3N5. The Bertz CT molecular complexity index is 808. The highest BCUT2D eigenvalue weighted by Crippen LogP contribution is 2.28. The predicted octanol–water partition coefficient (Wildman–Crippen LogP) is 2.82. The SMILES string of the molecule is N#CC1NNNC1c1cccc(/C=C/c2ccc(C(F)(F)F)cn2)c1. The number of nitrogens with one attached hydrogen (secondary N) is 3. The van der Waals surface area contributed by atoms with Crippen LogP contribution in [0.2, 0.25) is 0 Å². The summed E-state index contributed by atoms with van der Waals surface area (Å²) in [5.41, 5.74) is 9.91. The highest BCUT2D eigenvalue weighted by Gasteiger charge is 2.30. The van der Waals surface area contributed by atoms with Crippen molar-refractivity contribution in [3.05, 3.63) is 65.0 Å². The summed E-state index contributed by atoms with van der Waals surface area (Å²) >= 11 is 0. The van der Waals surface area contributed by atoms with Crippen molar-refractivity contribution in [2.75, 3.05) is 0 Å². The number of hydrazine groups is 2. The standard InChI is InChI=1S/C17H14F3N5/c18-17(19,20)13-5-7-14(22-10-13)6-4-11-2-1-3-12(8-11)16-15(9-21)23-25-24-16/h1-8,10,15-16,23-25H/b6-4+. The maximum Gasteiger partial charge on any atom is 0.417 e. The Morgan fingerprint density at radius 3 is 2.64 bits per heavy atom. The molecule has 2 aromatic rings. The molecule has 3 rings (SSSR count). The Hall–Kier alpha value is -2.73. The van der Waals surface area contributed by atoms with Gasteiger partial charge in [-0.15, -0.1) is 0 Å². The normalized spacial score (nSPS) is 20.7. The van der Waals surface area contributed by atoms with Gasteiger partial charge in [-0.25, -0.2) is 10.9 Å². The van der Waals surface area contributed by atoms with Crippen molar-refractivity contribution in [1.82, 2.24) is 21.4 Å². The average Bonchev–Trinajstić information content (AvgIpc) is 3.08. The van der Waals surface area contributed by atoms with E-state index in [2.05, 4.69) is 27.4 Å². The van der Waals surface area contributed by atoms with Crippen LogP contribution in [0.15, 0.2) is 42.6 Å². The average molecular weight is 345 g/mol. The first-order valence-corrected chi connectivity index (χ1v) is 7.44. The molecule has 5 nitrogen and oxygen atoms in total. The van der Waals surface area contributed by atoms with Gasteiger partial charge in [-0.1, -0.05) is 30.3 Å². The Balaban J connectivity index is 1.76. The topological polar surface area (TPSA) is 72.8 Å². The fourth-order valence-electron chi connectivity index (χ4n) is 2.46. The summed E-state index contributed by atoms with van der Waals surface area (Å²) < 4.78 is 37.6. The van der Waals surface area contributed by atoms with E-state index in [1.165, 1.54) is 6.07 Å². The quantitative estimate of drug-likeness (QED) is 0.798. The second-order valence-electron chi connectivity index (χ2n) is 5.47. The number of aromatic nitrogens is 1. The van der Waals surface area contributed by atoms with Crippen LogP contribution in [0.3, 0.4) is 0 Å². The molecular weight excluding hydrogens is 331 g/mol. The number of hydrogen-bond acceptors (Lipinski definition) is 5. The molecule has 0 aliphatic carbocycles. The fourth-order valence-corrected chi connectivity index (χ4v) is 2.46. The molecule has 1 aromatic carbocycles. The number of halogens is 3. The van der Waals surface area contributed by atoms with E-state index in [1.54, 1.807) is 12.2 Å². The van der Waals surface area contributed by atoms with E-state index in [1.807, 2.05) is 24.3 Å². The van der Waals surface area contributed by atoms with Gasteiger partial charge in [0.15, 0.2) is 0 Å². The molecule has 0 bridgehead atoms. The zero-order valence-corrected chi connectivity index (χ0v) is 12.9. The van der Waals surface area contributed by atoms with E-state index in [-0.39, 0.29) is 6.04 Å². The molecule has 1 aromatic heterocycles. The molecule has 0 radical (unpaired) electrons. The number of nitrogens with zero attached hydrogens (tertiary/aromatic N) is 2. The molecule has 0 saturated carbocycles. The number of alkyl halides is 3. The molecule has 1 saturated heterocycles. The molecule has 0 spiro atoms. The van der Waals surface area contributed by atoms with Crippen molar-refractivity contribution >= 4 is 12.2 Å². The lowest BCUT2D eigenvalue weighted by Crippen LogP contribution is -2.32. The molecule has 128 valence electrons. The summed E-state index contributed by atoms with van der Waals surface area (Å²) in [5.74, 6) is 0. The van der Waals surface area contributed by atoms with Gasteiger partial charge in [-0.3, -0.25) is 4.98 Å². The molecule has 3 N–H and O–H groups in total. The Morgan fingerprint density at radius 2 is 1.96 bits per heavy atom. The number of hydrogen-bond donors (Lipinski definition) is 3. The third-order valence-electron chi connectivity index (χ3n) is 3.76. The molecule has 1 aliphatic heterocycles. The van der Waals surface area contributed by atoms with Crippen LogP contribution in [0.1, 0.15) is 28.4 Å². The maximum atomic E-state index is 12.5. The minimum Gasteiger partial charge on any atom is -0.256 e. The molecule has 2 atom stereocenters. The van der Waals surface area contributed by atoms with Crippen molar-refractivity contribution in [1.29, 1.82) is 5.26 Å². The molecule has 25 heavy (non-hydrogen) atoms. The van der Waals surface area contributed by atoms with Gasteiger partial charge in [0.05, 0.1) is 23.4 Å². The van der Waals surface area contributed by atoms with E-state index in [0.717, 1.165) is 23.4 Å². The zero-order chi connectivity index (χ0) is 17.9. The fraction of sp³-hybridized carbons (Fsp3) is 0.176. The van der Waals surface area contributed by atoms with Crippen molar-refractivity contribution in [3.63, 3.8) is 0 Å². The van der Waals surface area contributed by atoms with Crippen molar-refractivity contribution in [2.24, 2.45) is 0 Å². The van der Waals surface area contributed by atoms with Crippen molar-refractivity contribution in [3.8, 4) is 6.07 Å². The van der Waals surface area contributed by atoms with E-state index in [9.17, 15) is 13.2 Å². The van der Waals surface area contributed by atoms with E-state index in [4.69, 9.17) is 5.26 Å². The van der Waals surface area contributed by atoms with Gasteiger partial charge in [0.1, 0.15) is 6.04 Å². The van der Waals surface area contributed by atoms with Crippen LogP contribution in [0.4, 0.5) is 13.2 Å². The number of nitriles is 1. The lowest BCUT2D eigenvalue weighted by molar-refractivity contribution is -0.137. The third kappa shape index (κ3) is 4.03. The van der Waals surface area contributed by atoms with Gasteiger partial charge in [0, 0.05) is 6.20 Å². The lowest BCUT2D eigenvalue weighted by Gasteiger charge is -2.12. The minimum absolute atomic E-state index is 0.206. The van der Waals surface area contributed by atoms with Gasteiger partial charge < -0.3 is 0 Å². The predicted molar refractivity (Wildman–Crippen MR) is 86.2 cm³/mol. The highest BCUT2D eigenvalue weighted by molar-refractivity contribution is 5.68. The van der Waals surface area contributed by atoms with Crippen molar-refractivity contribution in [2.45, 2.75) is 18.3 Å². The van der Waals surface area contributed by atoms with Crippen LogP contribution in [0, 0.1) is 11.3 Å². The summed E-state index contributed by atoms with van der Waals surface area (Å²) in [6.07, 6.45) is -0.180. The summed E-state index contributed by atoms with van der Waals surface area (Å²) in [5, 5.41) is 9.10. The first-order valence-electron chi connectivity index (χ1n) is 7.44. The Labute approximate surface area is 142 Å². The minimum atomic E-state index is -4.39. The van der Waals surface area contributed by atoms with E-state index >= 15 is 0 Å². The second-order valence-corrected chi connectivity index (χ2v) is 5.47. The highest BCUT2D eigenvalue weighted by atomic mass is 19.4. The van der Waals surface area contributed by atoms with Crippen LogP contribution in [-0.4, -0.2) is 11.0 Å². The summed E-state index contributed by atoms with van der Waals surface area (Å²) in [4.78, 5) is 3.80. The van der Waals surface area contributed by atoms with E-state index in [0.29, 0.717) is 5.69 Å². The zero-order valence-electron chi connectivity index (χ0n) is 12.9. The van der Waals surface area contributed by atoms with E-state index < -0.39 is 17.8 Å². The molecule has 2 heterocycles. The maximum absolute atomic E-state index is 12.5. The molecule has 8 heteroatoms. The Morgan fingerprint density at radius 1 is 1.12 bits per heavy atom. The third-order valence-corrected chi connectivity index (χ3v) is 3.76. The first-order chi connectivity index (χ1) is 12.0. The van der Waals surface area contributed by atoms with Crippen LogP contribution >= 0.6 is 0 Å². The van der Waals surface area contributed by atoms with Gasteiger partial charge in [-0.2, -0.15) is 24.0 Å². The number of rotatable bonds is 3. The molecule has 1 aliphatic rings. The number of benzene rings is 1. The Kier molecular flexibility index (Phi) is 4.81. The van der Waals surface area contributed by atoms with Gasteiger partial charge in [0.25, 0.3) is 0 Å². The van der Waals surface area contributed by atoms with Crippen LogP contribution in [-0.2, 0) is 6.18 Å². The second kappa shape index (κ2) is 7.03. The van der Waals surface area contributed by atoms with Gasteiger partial charge >= 0.3 is 6.18 Å². The number of pyridine rings is 1. The summed E-state index contributed by atoms with van der Waals surface area (Å²) in [6.45, 7) is 0. The largest absolute Gasteiger partial charge is 0.417 e. The van der Waals surface area contributed by atoms with Crippen LogP contribution in [0.5, 0.6) is 0 Å². The molecule has 0 amide bonds. The van der Waals surface area contributed by atoms with Crippen LogP contribution in [0.25, 0.3) is 12.2 Å².